The molecule has 2 aromatic heterocycles. The maximum absolute atomic E-state index is 7.77. The molecule has 0 unspecified atom stereocenters. The predicted molar refractivity (Wildman–Crippen MR) is 173 cm³/mol. The molecule has 4 aromatic carbocycles. The zero-order chi connectivity index (χ0) is 29.0. The molecule has 0 bridgehead atoms. The van der Waals surface area contributed by atoms with Gasteiger partial charge in [-0.15, -0.1) is 50.8 Å². The van der Waals surface area contributed by atoms with Gasteiger partial charge in [-0.1, -0.05) is 56.6 Å². The summed E-state index contributed by atoms with van der Waals surface area (Å²) < 4.78 is 2.21. The molecular formula is C36H28N5PtS-3. The third kappa shape index (κ3) is 5.22. The first-order chi connectivity index (χ1) is 20.3. The van der Waals surface area contributed by atoms with Gasteiger partial charge in [0.25, 0.3) is 0 Å². The van der Waals surface area contributed by atoms with Crippen LogP contribution < -0.4 is 9.80 Å². The maximum atomic E-state index is 7.77. The summed E-state index contributed by atoms with van der Waals surface area (Å²) in [4.78, 5) is 14.6. The van der Waals surface area contributed by atoms with E-state index in [0.29, 0.717) is 5.69 Å². The van der Waals surface area contributed by atoms with E-state index in [-0.39, 0.29) is 26.5 Å². The van der Waals surface area contributed by atoms with Gasteiger partial charge in [-0.3, -0.25) is 4.85 Å². The fourth-order valence-electron chi connectivity index (χ4n) is 5.52. The van der Waals surface area contributed by atoms with Crippen molar-refractivity contribution in [3.8, 4) is 5.82 Å². The Morgan fingerprint density at radius 1 is 0.860 bits per heavy atom. The average molecular weight is 758 g/mol. The monoisotopic (exact) mass is 757 g/mol. The Kier molecular flexibility index (Phi) is 7.58. The number of pyridine rings is 1. The minimum Gasteiger partial charge on any atom is -0.504 e. The number of hydrogen-bond donors (Lipinski definition) is 0. The van der Waals surface area contributed by atoms with Crippen molar-refractivity contribution in [1.29, 1.82) is 0 Å². The number of anilines is 3. The Bertz CT molecular complexity index is 2030. The molecule has 216 valence electrons. The van der Waals surface area contributed by atoms with Crippen LogP contribution >= 0.6 is 11.8 Å². The third-order valence-corrected chi connectivity index (χ3v) is 8.53. The summed E-state index contributed by atoms with van der Waals surface area (Å²) in [6.45, 7) is 16.5. The minimum absolute atomic E-state index is 0. The van der Waals surface area contributed by atoms with Crippen LogP contribution in [0.2, 0.25) is 0 Å². The summed E-state index contributed by atoms with van der Waals surface area (Å²) in [6, 6.07) is 36.3. The van der Waals surface area contributed by atoms with E-state index in [2.05, 4.69) is 113 Å². The summed E-state index contributed by atoms with van der Waals surface area (Å²) >= 11 is 1.57. The van der Waals surface area contributed by atoms with Gasteiger partial charge in [0.05, 0.1) is 12.3 Å². The summed E-state index contributed by atoms with van der Waals surface area (Å²) in [5.74, 6) is 0.878. The molecule has 1 aliphatic heterocycles. The van der Waals surface area contributed by atoms with Crippen LogP contribution in [0.4, 0.5) is 22.7 Å². The van der Waals surface area contributed by atoms with Crippen molar-refractivity contribution in [3.05, 3.63) is 127 Å². The average Bonchev–Trinajstić information content (AvgIpc) is 3.51. The Morgan fingerprint density at radius 3 is 2.42 bits per heavy atom. The zero-order valence-electron chi connectivity index (χ0n) is 24.2. The standard InChI is InChI=1S/C36H28N5S.Pt/c1-36(2,3)24-16-17-38-35(18-24)41-31-11-7-6-10-29(31)30-15-14-27(22-34(30)41)42-28-20-25(37-4)19-26(21-28)40-23-39(5)32-12-8-9-13-33(32)40;/h6-20,23H,1-3,5H3;/q-3;. The Morgan fingerprint density at radius 2 is 1.63 bits per heavy atom. The van der Waals surface area contributed by atoms with Crippen LogP contribution in [-0.4, -0.2) is 16.6 Å². The first kappa shape index (κ1) is 29.0. The van der Waals surface area contributed by atoms with Gasteiger partial charge in [-0.05, 0) is 53.7 Å². The molecule has 0 atom stereocenters. The fraction of sp³-hybridized carbons (Fsp3) is 0.139. The van der Waals surface area contributed by atoms with Crippen molar-refractivity contribution in [1.82, 2.24) is 9.55 Å². The molecular weight excluding hydrogens is 730 g/mol. The van der Waals surface area contributed by atoms with Gasteiger partial charge in [0, 0.05) is 44.2 Å². The molecule has 3 heterocycles. The van der Waals surface area contributed by atoms with Gasteiger partial charge in [0.15, 0.2) is 0 Å². The second kappa shape index (κ2) is 11.2. The quantitative estimate of drug-likeness (QED) is 0.168. The summed E-state index contributed by atoms with van der Waals surface area (Å²) in [7, 11) is 2.03. The van der Waals surface area contributed by atoms with E-state index in [1.165, 1.54) is 10.9 Å². The Balaban J connectivity index is 0.00000329. The van der Waals surface area contributed by atoms with Crippen molar-refractivity contribution in [2.45, 2.75) is 36.0 Å². The van der Waals surface area contributed by atoms with Crippen molar-refractivity contribution >= 4 is 56.3 Å². The molecule has 0 N–H and O–H groups in total. The Hall–Kier alpha value is -4.04. The van der Waals surface area contributed by atoms with Gasteiger partial charge in [0.1, 0.15) is 5.82 Å². The second-order valence-corrected chi connectivity index (χ2v) is 12.6. The van der Waals surface area contributed by atoms with Crippen molar-refractivity contribution in [2.24, 2.45) is 0 Å². The molecule has 7 heteroatoms. The van der Waals surface area contributed by atoms with Crippen LogP contribution in [0.1, 0.15) is 26.3 Å². The summed E-state index contributed by atoms with van der Waals surface area (Å²) in [5.41, 5.74) is 6.90. The summed E-state index contributed by atoms with van der Waals surface area (Å²) in [6.07, 6.45) is 1.90. The molecule has 6 aromatic rings. The number of nitrogens with zero attached hydrogens (tertiary/aromatic N) is 5. The first-order valence-corrected chi connectivity index (χ1v) is 14.6. The molecule has 7 rings (SSSR count). The van der Waals surface area contributed by atoms with Crippen LogP contribution in [0.15, 0.2) is 101 Å². The van der Waals surface area contributed by atoms with Gasteiger partial charge >= 0.3 is 0 Å². The van der Waals surface area contributed by atoms with Crippen LogP contribution in [0.5, 0.6) is 0 Å². The van der Waals surface area contributed by atoms with E-state index >= 15 is 0 Å². The molecule has 0 spiro atoms. The Labute approximate surface area is 271 Å². The van der Waals surface area contributed by atoms with E-state index in [1.54, 1.807) is 11.8 Å². The van der Waals surface area contributed by atoms with Crippen LogP contribution in [0.3, 0.4) is 0 Å². The smallest absolute Gasteiger partial charge is 0.135 e. The third-order valence-electron chi connectivity index (χ3n) is 7.63. The molecule has 0 aliphatic carbocycles. The molecule has 0 saturated heterocycles. The predicted octanol–water partition coefficient (Wildman–Crippen LogP) is 9.48. The van der Waals surface area contributed by atoms with E-state index in [9.17, 15) is 0 Å². The van der Waals surface area contributed by atoms with E-state index in [0.717, 1.165) is 49.1 Å². The normalized spacial score (nSPS) is 12.8. The van der Waals surface area contributed by atoms with Gasteiger partial charge in [-0.25, -0.2) is 4.98 Å². The second-order valence-electron chi connectivity index (χ2n) is 11.5. The van der Waals surface area contributed by atoms with Gasteiger partial charge in [0.2, 0.25) is 0 Å². The van der Waals surface area contributed by atoms with Crippen molar-refractivity contribution in [3.63, 3.8) is 0 Å². The molecule has 0 amide bonds. The largest absolute Gasteiger partial charge is 0.504 e. The zero-order valence-corrected chi connectivity index (χ0v) is 27.3. The number of aromatic nitrogens is 2. The molecule has 0 saturated carbocycles. The SMILES string of the molecule is [C-]#[N+]c1cc(Sc2[c-]c3c(cc2)c2ccccc2n3-c2cc(C(C)(C)C)ccn2)[c-]c(N2[CH-]N(C)c3ccccc32)c1.[Pt]. The summed E-state index contributed by atoms with van der Waals surface area (Å²) in [5, 5.41) is 2.29. The van der Waals surface area contributed by atoms with Crippen molar-refractivity contribution < 1.29 is 21.1 Å². The molecule has 5 nitrogen and oxygen atoms in total. The molecule has 0 fully saturated rings. The fourth-order valence-corrected chi connectivity index (χ4v) is 6.37. The first-order valence-electron chi connectivity index (χ1n) is 13.8. The molecule has 0 radical (unpaired) electrons. The number of hydrogen-bond acceptors (Lipinski definition) is 4. The van der Waals surface area contributed by atoms with E-state index in [4.69, 9.17) is 11.6 Å². The van der Waals surface area contributed by atoms with Gasteiger partial charge < -0.3 is 14.4 Å². The number of fused-ring (bicyclic) bond motifs is 4. The molecule has 43 heavy (non-hydrogen) atoms. The van der Waals surface area contributed by atoms with Crippen LogP contribution in [-0.2, 0) is 26.5 Å². The number of rotatable bonds is 4. The number of benzene rings is 4. The topological polar surface area (TPSA) is 28.7 Å². The van der Waals surface area contributed by atoms with E-state index in [1.807, 2.05) is 44.2 Å². The van der Waals surface area contributed by atoms with Gasteiger partial charge in [-0.2, -0.15) is 24.9 Å². The number of para-hydroxylation sites is 3. The van der Waals surface area contributed by atoms with Crippen LogP contribution in [0, 0.1) is 25.4 Å². The minimum atomic E-state index is 0. The van der Waals surface area contributed by atoms with Crippen molar-refractivity contribution in [2.75, 3.05) is 16.8 Å². The van der Waals surface area contributed by atoms with Crippen LogP contribution in [0.25, 0.3) is 32.5 Å². The van der Waals surface area contributed by atoms with E-state index < -0.39 is 0 Å². The maximum Gasteiger partial charge on any atom is 0.135 e. The molecule has 1 aliphatic rings.